The maximum absolute atomic E-state index is 11.2. The zero-order chi connectivity index (χ0) is 9.97. The molecule has 80 valence electrons. The van der Waals surface area contributed by atoms with Crippen molar-refractivity contribution < 1.29 is 4.79 Å². The lowest BCUT2D eigenvalue weighted by Crippen LogP contribution is -2.42. The van der Waals surface area contributed by atoms with E-state index in [0.717, 1.165) is 44.9 Å². The molecule has 0 aliphatic carbocycles. The van der Waals surface area contributed by atoms with Crippen LogP contribution in [0.1, 0.15) is 19.3 Å². The number of hydrogen-bond acceptors (Lipinski definition) is 3. The second-order valence-corrected chi connectivity index (χ2v) is 4.41. The molecule has 0 saturated carbocycles. The Morgan fingerprint density at radius 2 is 2.36 bits per heavy atom. The first-order chi connectivity index (χ1) is 6.77. The van der Waals surface area contributed by atoms with Gasteiger partial charge in [-0.2, -0.15) is 0 Å². The predicted molar refractivity (Wildman–Crippen MR) is 54.8 cm³/mol. The zero-order valence-electron chi connectivity index (χ0n) is 8.54. The molecule has 0 aromatic carbocycles. The molecule has 2 aliphatic rings. The lowest BCUT2D eigenvalue weighted by molar-refractivity contribution is -0.122. The quantitative estimate of drug-likeness (QED) is 0.644. The van der Waals surface area contributed by atoms with Crippen LogP contribution < -0.4 is 11.1 Å². The molecule has 14 heavy (non-hydrogen) atoms. The fourth-order valence-electron chi connectivity index (χ4n) is 2.57. The molecule has 2 aliphatic heterocycles. The van der Waals surface area contributed by atoms with Gasteiger partial charge in [-0.15, -0.1) is 0 Å². The van der Waals surface area contributed by atoms with Crippen LogP contribution in [0, 0.1) is 5.92 Å². The summed E-state index contributed by atoms with van der Waals surface area (Å²) in [7, 11) is 0. The van der Waals surface area contributed by atoms with Crippen LogP contribution in [0.4, 0.5) is 0 Å². The summed E-state index contributed by atoms with van der Waals surface area (Å²) in [6, 6.07) is 0.00981. The molecule has 1 amide bonds. The van der Waals surface area contributed by atoms with Gasteiger partial charge in [0, 0.05) is 6.54 Å². The van der Waals surface area contributed by atoms with Gasteiger partial charge in [-0.3, -0.25) is 9.69 Å². The maximum Gasteiger partial charge on any atom is 0.234 e. The van der Waals surface area contributed by atoms with E-state index >= 15 is 0 Å². The summed E-state index contributed by atoms with van der Waals surface area (Å²) in [6.07, 6.45) is 3.31. The number of carbonyl (C=O) groups excluding carboxylic acids is 1. The van der Waals surface area contributed by atoms with E-state index in [1.165, 1.54) is 6.42 Å². The number of nitrogens with zero attached hydrogens (tertiary/aromatic N) is 1. The summed E-state index contributed by atoms with van der Waals surface area (Å²) in [4.78, 5) is 13.4. The molecular weight excluding hydrogens is 178 g/mol. The molecule has 2 atom stereocenters. The Labute approximate surface area is 84.8 Å². The number of nitrogens with one attached hydrogen (secondary N) is 1. The standard InChI is InChI=1S/C10H19N3O/c11-10(14)9-2-1-5-13(9)7-8-3-4-12-6-8/h8-9,12H,1-7H2,(H2,11,14). The van der Waals surface area contributed by atoms with Gasteiger partial charge in [0.05, 0.1) is 6.04 Å². The van der Waals surface area contributed by atoms with Gasteiger partial charge in [0.15, 0.2) is 0 Å². The Morgan fingerprint density at radius 3 is 3.00 bits per heavy atom. The highest BCUT2D eigenvalue weighted by Crippen LogP contribution is 2.20. The topological polar surface area (TPSA) is 58.4 Å². The van der Waals surface area contributed by atoms with Gasteiger partial charge < -0.3 is 11.1 Å². The van der Waals surface area contributed by atoms with E-state index in [1.54, 1.807) is 0 Å². The first kappa shape index (κ1) is 9.93. The van der Waals surface area contributed by atoms with E-state index in [0.29, 0.717) is 0 Å². The molecule has 4 nitrogen and oxygen atoms in total. The van der Waals surface area contributed by atoms with E-state index in [2.05, 4.69) is 10.2 Å². The fourth-order valence-corrected chi connectivity index (χ4v) is 2.57. The monoisotopic (exact) mass is 197 g/mol. The lowest BCUT2D eigenvalue weighted by Gasteiger charge is -2.24. The SMILES string of the molecule is NC(=O)C1CCCN1CC1CCNC1. The molecule has 2 fully saturated rings. The van der Waals surface area contributed by atoms with Crippen LogP contribution in [-0.2, 0) is 4.79 Å². The fraction of sp³-hybridized carbons (Fsp3) is 0.900. The largest absolute Gasteiger partial charge is 0.368 e. The van der Waals surface area contributed by atoms with Crippen molar-refractivity contribution in [2.24, 2.45) is 11.7 Å². The molecule has 2 unspecified atom stereocenters. The third-order valence-corrected chi connectivity index (χ3v) is 3.35. The van der Waals surface area contributed by atoms with Crippen molar-refractivity contribution in [1.82, 2.24) is 10.2 Å². The summed E-state index contributed by atoms with van der Waals surface area (Å²) in [5.41, 5.74) is 5.37. The van der Waals surface area contributed by atoms with Gasteiger partial charge in [0.2, 0.25) is 5.91 Å². The third kappa shape index (κ3) is 2.07. The van der Waals surface area contributed by atoms with E-state index in [4.69, 9.17) is 5.73 Å². The van der Waals surface area contributed by atoms with E-state index in [9.17, 15) is 4.79 Å². The summed E-state index contributed by atoms with van der Waals surface area (Å²) in [5.74, 6) is 0.573. The molecular formula is C10H19N3O. The number of hydrogen-bond donors (Lipinski definition) is 2. The van der Waals surface area contributed by atoms with Gasteiger partial charge in [-0.25, -0.2) is 0 Å². The molecule has 4 heteroatoms. The van der Waals surface area contributed by atoms with Crippen molar-refractivity contribution in [2.45, 2.75) is 25.3 Å². The molecule has 2 saturated heterocycles. The second-order valence-electron chi connectivity index (χ2n) is 4.41. The van der Waals surface area contributed by atoms with Crippen LogP contribution in [0.2, 0.25) is 0 Å². The minimum Gasteiger partial charge on any atom is -0.368 e. The average molecular weight is 197 g/mol. The second kappa shape index (κ2) is 4.28. The van der Waals surface area contributed by atoms with Crippen LogP contribution in [0.15, 0.2) is 0 Å². The third-order valence-electron chi connectivity index (χ3n) is 3.35. The summed E-state index contributed by atoms with van der Waals surface area (Å²) in [5, 5.41) is 3.35. The van der Waals surface area contributed by atoms with Crippen LogP contribution >= 0.6 is 0 Å². The molecule has 0 aromatic rings. The van der Waals surface area contributed by atoms with Gasteiger partial charge >= 0.3 is 0 Å². The lowest BCUT2D eigenvalue weighted by atomic mass is 10.1. The molecule has 2 rings (SSSR count). The Morgan fingerprint density at radius 1 is 1.50 bits per heavy atom. The van der Waals surface area contributed by atoms with E-state index in [1.807, 2.05) is 0 Å². The minimum atomic E-state index is -0.145. The summed E-state index contributed by atoms with van der Waals surface area (Å²) in [6.45, 7) is 4.31. The van der Waals surface area contributed by atoms with Gasteiger partial charge in [-0.1, -0.05) is 0 Å². The summed E-state index contributed by atoms with van der Waals surface area (Å²) < 4.78 is 0. The minimum absolute atomic E-state index is 0.00981. The van der Waals surface area contributed by atoms with Crippen LogP contribution in [0.3, 0.4) is 0 Å². The van der Waals surface area contributed by atoms with Gasteiger partial charge in [0.1, 0.15) is 0 Å². The first-order valence-electron chi connectivity index (χ1n) is 5.51. The number of carbonyl (C=O) groups is 1. The highest BCUT2D eigenvalue weighted by molar-refractivity contribution is 5.80. The first-order valence-corrected chi connectivity index (χ1v) is 5.51. The highest BCUT2D eigenvalue weighted by Gasteiger charge is 2.31. The van der Waals surface area contributed by atoms with Gasteiger partial charge in [-0.05, 0) is 44.8 Å². The zero-order valence-corrected chi connectivity index (χ0v) is 8.54. The van der Waals surface area contributed by atoms with Crippen molar-refractivity contribution >= 4 is 5.91 Å². The molecule has 0 spiro atoms. The highest BCUT2D eigenvalue weighted by atomic mass is 16.1. The van der Waals surface area contributed by atoms with E-state index < -0.39 is 0 Å². The maximum atomic E-state index is 11.2. The Balaban J connectivity index is 1.86. The van der Waals surface area contributed by atoms with Crippen molar-refractivity contribution in [1.29, 1.82) is 0 Å². The summed E-state index contributed by atoms with van der Waals surface area (Å²) >= 11 is 0. The smallest absolute Gasteiger partial charge is 0.234 e. The molecule has 0 radical (unpaired) electrons. The molecule has 0 aromatic heterocycles. The van der Waals surface area contributed by atoms with Crippen LogP contribution in [0.5, 0.6) is 0 Å². The Hall–Kier alpha value is -0.610. The number of amides is 1. The van der Waals surface area contributed by atoms with Crippen LogP contribution in [-0.4, -0.2) is 43.0 Å². The molecule has 2 heterocycles. The molecule has 3 N–H and O–H groups in total. The Bertz CT molecular complexity index is 213. The van der Waals surface area contributed by atoms with Crippen molar-refractivity contribution in [3.8, 4) is 0 Å². The molecule has 0 bridgehead atoms. The number of rotatable bonds is 3. The number of likely N-dealkylation sites (tertiary alicyclic amines) is 1. The van der Waals surface area contributed by atoms with Crippen LogP contribution in [0.25, 0.3) is 0 Å². The van der Waals surface area contributed by atoms with Crippen molar-refractivity contribution in [3.63, 3.8) is 0 Å². The van der Waals surface area contributed by atoms with Crippen molar-refractivity contribution in [2.75, 3.05) is 26.2 Å². The average Bonchev–Trinajstić information content (AvgIpc) is 2.75. The Kier molecular flexibility index (Phi) is 3.03. The van der Waals surface area contributed by atoms with E-state index in [-0.39, 0.29) is 11.9 Å². The van der Waals surface area contributed by atoms with Gasteiger partial charge in [0.25, 0.3) is 0 Å². The predicted octanol–water partition coefficient (Wildman–Crippen LogP) is -0.454. The number of primary amides is 1. The number of nitrogens with two attached hydrogens (primary N) is 1. The van der Waals surface area contributed by atoms with Crippen molar-refractivity contribution in [3.05, 3.63) is 0 Å². The normalized spacial score (nSPS) is 33.7.